The highest BCUT2D eigenvalue weighted by molar-refractivity contribution is 7.17. The molecule has 138 valence electrons. The van der Waals surface area contributed by atoms with Gasteiger partial charge in [-0.1, -0.05) is 17.4 Å². The van der Waals surface area contributed by atoms with Crippen LogP contribution in [0.15, 0.2) is 24.4 Å². The van der Waals surface area contributed by atoms with Crippen molar-refractivity contribution in [2.75, 3.05) is 44.3 Å². The molecule has 26 heavy (non-hydrogen) atoms. The van der Waals surface area contributed by atoms with E-state index in [-0.39, 0.29) is 10.9 Å². The van der Waals surface area contributed by atoms with E-state index in [4.69, 9.17) is 14.6 Å². The fourth-order valence-electron chi connectivity index (χ4n) is 3.34. The summed E-state index contributed by atoms with van der Waals surface area (Å²) >= 11 is 1.24. The molecule has 2 aliphatic heterocycles. The van der Waals surface area contributed by atoms with Gasteiger partial charge in [-0.2, -0.15) is 0 Å². The van der Waals surface area contributed by atoms with E-state index in [0.717, 1.165) is 42.8 Å². The Morgan fingerprint density at radius 2 is 1.92 bits per heavy atom. The molecule has 1 unspecified atom stereocenters. The number of aromatic nitrogens is 1. The van der Waals surface area contributed by atoms with E-state index in [1.54, 1.807) is 0 Å². The number of thiazole rings is 1. The van der Waals surface area contributed by atoms with Crippen molar-refractivity contribution in [2.24, 2.45) is 0 Å². The molecular formula is C18H21N3O4S. The molecule has 1 atom stereocenters. The van der Waals surface area contributed by atoms with Gasteiger partial charge in [0.1, 0.15) is 18.1 Å². The van der Waals surface area contributed by atoms with E-state index >= 15 is 0 Å². The molecule has 2 aliphatic rings. The number of carboxylic acid groups (broad SMARTS) is 1. The minimum Gasteiger partial charge on any atom is -0.486 e. The summed E-state index contributed by atoms with van der Waals surface area (Å²) < 4.78 is 11.3. The molecule has 0 amide bonds. The predicted octanol–water partition coefficient (Wildman–Crippen LogP) is 2.50. The zero-order valence-electron chi connectivity index (χ0n) is 14.6. The molecule has 2 aromatic rings. The van der Waals surface area contributed by atoms with E-state index in [9.17, 15) is 4.79 Å². The summed E-state index contributed by atoms with van der Waals surface area (Å²) in [5, 5.41) is 9.83. The van der Waals surface area contributed by atoms with E-state index in [0.29, 0.717) is 13.2 Å². The van der Waals surface area contributed by atoms with Crippen LogP contribution < -0.4 is 14.4 Å². The topological polar surface area (TPSA) is 75.1 Å². The maximum Gasteiger partial charge on any atom is 0.347 e. The minimum absolute atomic E-state index is 0.277. The van der Waals surface area contributed by atoms with Crippen LogP contribution in [0.2, 0.25) is 0 Å². The summed E-state index contributed by atoms with van der Waals surface area (Å²) in [7, 11) is 0. The Kier molecular flexibility index (Phi) is 4.69. The third-order valence-electron chi connectivity index (χ3n) is 4.89. The Morgan fingerprint density at radius 1 is 1.19 bits per heavy atom. The van der Waals surface area contributed by atoms with Crippen molar-refractivity contribution in [3.63, 3.8) is 0 Å². The Labute approximate surface area is 155 Å². The van der Waals surface area contributed by atoms with Crippen LogP contribution in [0.4, 0.5) is 5.13 Å². The number of ether oxygens (including phenoxy) is 2. The highest BCUT2D eigenvalue weighted by Crippen LogP contribution is 2.34. The van der Waals surface area contributed by atoms with Crippen molar-refractivity contribution in [3.05, 3.63) is 34.8 Å². The molecule has 0 radical (unpaired) electrons. The number of fused-ring (bicyclic) bond motifs is 1. The van der Waals surface area contributed by atoms with Gasteiger partial charge in [-0.25, -0.2) is 9.78 Å². The normalized spacial score (nSPS) is 18.6. The molecular weight excluding hydrogens is 354 g/mol. The molecule has 1 aromatic carbocycles. The van der Waals surface area contributed by atoms with Crippen molar-refractivity contribution in [1.82, 2.24) is 9.88 Å². The number of piperazine rings is 1. The second-order valence-corrected chi connectivity index (χ2v) is 7.42. The van der Waals surface area contributed by atoms with E-state index in [1.165, 1.54) is 23.1 Å². The highest BCUT2D eigenvalue weighted by atomic mass is 32.1. The molecule has 3 heterocycles. The average molecular weight is 375 g/mol. The molecule has 1 fully saturated rings. The van der Waals surface area contributed by atoms with Gasteiger partial charge < -0.3 is 19.5 Å². The van der Waals surface area contributed by atoms with Crippen molar-refractivity contribution < 1.29 is 19.4 Å². The Morgan fingerprint density at radius 3 is 2.62 bits per heavy atom. The molecule has 0 aliphatic carbocycles. The summed E-state index contributed by atoms with van der Waals surface area (Å²) in [6.45, 7) is 6.87. The first-order valence-corrected chi connectivity index (χ1v) is 9.51. The molecule has 1 aromatic heterocycles. The first-order chi connectivity index (χ1) is 12.6. The molecule has 4 rings (SSSR count). The fourth-order valence-corrected chi connectivity index (χ4v) is 4.15. The SMILES string of the molecule is CC(c1ccc2c(c1)OCCO2)N1CCN(c2ncc(C(=O)O)s2)CC1. The van der Waals surface area contributed by atoms with Crippen LogP contribution >= 0.6 is 11.3 Å². The maximum absolute atomic E-state index is 11.0. The fraction of sp³-hybridized carbons (Fsp3) is 0.444. The van der Waals surface area contributed by atoms with E-state index in [1.807, 2.05) is 6.07 Å². The molecule has 8 heteroatoms. The summed E-state index contributed by atoms with van der Waals surface area (Å²) in [5.41, 5.74) is 1.21. The van der Waals surface area contributed by atoms with Crippen LogP contribution in [-0.2, 0) is 0 Å². The number of aromatic carboxylic acids is 1. The van der Waals surface area contributed by atoms with Gasteiger partial charge in [-0.3, -0.25) is 4.90 Å². The number of hydrogen-bond acceptors (Lipinski definition) is 7. The Hall–Kier alpha value is -2.32. The number of hydrogen-bond donors (Lipinski definition) is 1. The van der Waals surface area contributed by atoms with E-state index in [2.05, 4.69) is 33.8 Å². The Bertz CT molecular complexity index is 801. The van der Waals surface area contributed by atoms with Gasteiger partial charge in [0.25, 0.3) is 0 Å². The van der Waals surface area contributed by atoms with Gasteiger partial charge in [0.15, 0.2) is 16.6 Å². The number of rotatable bonds is 4. The standard InChI is InChI=1S/C18H21N3O4S/c1-12(13-2-3-14-15(10-13)25-9-8-24-14)20-4-6-21(7-5-20)18-19-11-16(26-18)17(22)23/h2-3,10-12H,4-9H2,1H3,(H,22,23). The zero-order valence-corrected chi connectivity index (χ0v) is 15.4. The maximum atomic E-state index is 11.0. The third kappa shape index (κ3) is 3.34. The lowest BCUT2D eigenvalue weighted by molar-refractivity contribution is 0.0702. The second-order valence-electron chi connectivity index (χ2n) is 6.41. The van der Waals surface area contributed by atoms with Crippen LogP contribution in [0.1, 0.15) is 28.2 Å². The van der Waals surface area contributed by atoms with Crippen LogP contribution in [0.5, 0.6) is 11.5 Å². The first kappa shape index (κ1) is 17.1. The summed E-state index contributed by atoms with van der Waals surface area (Å²) in [6, 6.07) is 6.44. The molecule has 0 bridgehead atoms. The van der Waals surface area contributed by atoms with Crippen LogP contribution in [-0.4, -0.2) is 60.4 Å². The monoisotopic (exact) mass is 375 g/mol. The predicted molar refractivity (Wildman–Crippen MR) is 98.7 cm³/mol. The molecule has 7 nitrogen and oxygen atoms in total. The van der Waals surface area contributed by atoms with Crippen molar-refractivity contribution in [2.45, 2.75) is 13.0 Å². The highest BCUT2D eigenvalue weighted by Gasteiger charge is 2.25. The van der Waals surface area contributed by atoms with Crippen molar-refractivity contribution in [3.8, 4) is 11.5 Å². The largest absolute Gasteiger partial charge is 0.486 e. The van der Waals surface area contributed by atoms with Crippen LogP contribution in [0, 0.1) is 0 Å². The van der Waals surface area contributed by atoms with E-state index < -0.39 is 5.97 Å². The summed E-state index contributed by atoms with van der Waals surface area (Å²) in [4.78, 5) is 20.1. The summed E-state index contributed by atoms with van der Waals surface area (Å²) in [6.07, 6.45) is 1.44. The van der Waals surface area contributed by atoms with Gasteiger partial charge >= 0.3 is 5.97 Å². The van der Waals surface area contributed by atoms with Crippen LogP contribution in [0.25, 0.3) is 0 Å². The van der Waals surface area contributed by atoms with Crippen molar-refractivity contribution >= 4 is 22.4 Å². The molecule has 0 saturated carbocycles. The smallest absolute Gasteiger partial charge is 0.347 e. The van der Waals surface area contributed by atoms with Gasteiger partial charge in [-0.05, 0) is 24.6 Å². The lowest BCUT2D eigenvalue weighted by Gasteiger charge is -2.38. The number of anilines is 1. The number of benzene rings is 1. The zero-order chi connectivity index (χ0) is 18.1. The quantitative estimate of drug-likeness (QED) is 0.880. The lowest BCUT2D eigenvalue weighted by atomic mass is 10.1. The van der Waals surface area contributed by atoms with Crippen molar-refractivity contribution in [1.29, 1.82) is 0 Å². The minimum atomic E-state index is -0.917. The van der Waals surface area contributed by atoms with Crippen LogP contribution in [0.3, 0.4) is 0 Å². The average Bonchev–Trinajstić information content (AvgIpc) is 3.18. The van der Waals surface area contributed by atoms with Gasteiger partial charge in [0, 0.05) is 32.2 Å². The van der Waals surface area contributed by atoms with Gasteiger partial charge in [0.2, 0.25) is 0 Å². The number of carbonyl (C=O) groups is 1. The number of nitrogens with zero attached hydrogens (tertiary/aromatic N) is 3. The lowest BCUT2D eigenvalue weighted by Crippen LogP contribution is -2.47. The Balaban J connectivity index is 1.40. The van der Waals surface area contributed by atoms with Gasteiger partial charge in [-0.15, -0.1) is 0 Å². The second kappa shape index (κ2) is 7.13. The molecule has 1 N–H and O–H groups in total. The summed E-state index contributed by atoms with van der Waals surface area (Å²) in [5.74, 6) is 0.720. The molecule has 0 spiro atoms. The van der Waals surface area contributed by atoms with Gasteiger partial charge in [0.05, 0.1) is 6.20 Å². The molecule has 1 saturated heterocycles. The third-order valence-corrected chi connectivity index (χ3v) is 5.93. The number of carboxylic acids is 1. The first-order valence-electron chi connectivity index (χ1n) is 8.69.